The maximum absolute atomic E-state index is 12.8. The largest absolute Gasteiger partial charge is 0.455 e. The minimum atomic E-state index is -0.0344. The fourth-order valence-electron chi connectivity index (χ4n) is 2.88. The zero-order valence-electron chi connectivity index (χ0n) is 13.2. The molecule has 3 heteroatoms. The van der Waals surface area contributed by atoms with E-state index in [0.717, 1.165) is 22.3 Å². The van der Waals surface area contributed by atoms with Crippen LogP contribution in [-0.4, -0.2) is 5.78 Å². The molecule has 3 nitrogen and oxygen atoms in total. The van der Waals surface area contributed by atoms with Gasteiger partial charge >= 0.3 is 0 Å². The topological polar surface area (TPSA) is 47.3 Å². The van der Waals surface area contributed by atoms with Gasteiger partial charge in [-0.25, -0.2) is 0 Å². The average molecular weight is 294 g/mol. The molecule has 0 atom stereocenters. The number of rotatable bonds is 2. The van der Waals surface area contributed by atoms with E-state index in [0.29, 0.717) is 21.9 Å². The summed E-state index contributed by atoms with van der Waals surface area (Å²) in [6.07, 6.45) is 0.275. The monoisotopic (exact) mass is 294 g/mol. The first kappa shape index (κ1) is 14.5. The van der Waals surface area contributed by atoms with Crippen molar-refractivity contribution >= 4 is 27.7 Å². The third-order valence-corrected chi connectivity index (χ3v) is 4.12. The standard InChI is InChI=1S/C19H18O3/c1-10-7-14(9-12(3)20)19-16(8-10)17(21)15-6-5-11(2)13(4)18(15)22-19/h5-8H,9H2,1-4H3. The summed E-state index contributed by atoms with van der Waals surface area (Å²) < 4.78 is 6.07. The molecule has 112 valence electrons. The lowest BCUT2D eigenvalue weighted by molar-refractivity contribution is -0.116. The number of ketones is 1. The van der Waals surface area contributed by atoms with Crippen LogP contribution in [0.25, 0.3) is 21.9 Å². The Morgan fingerprint density at radius 3 is 2.45 bits per heavy atom. The molecule has 0 spiro atoms. The number of carbonyl (C=O) groups excluding carboxylic acids is 1. The molecule has 2 aromatic carbocycles. The van der Waals surface area contributed by atoms with Gasteiger partial charge in [0.05, 0.1) is 10.8 Å². The lowest BCUT2D eigenvalue weighted by Gasteiger charge is -2.10. The Morgan fingerprint density at radius 1 is 1.05 bits per heavy atom. The first-order valence-electron chi connectivity index (χ1n) is 7.34. The maximum Gasteiger partial charge on any atom is 0.200 e. The number of hydrogen-bond donors (Lipinski definition) is 0. The fraction of sp³-hybridized carbons (Fsp3) is 0.263. The molecule has 0 saturated heterocycles. The van der Waals surface area contributed by atoms with Gasteiger partial charge in [-0.3, -0.25) is 9.59 Å². The van der Waals surface area contributed by atoms with E-state index in [2.05, 4.69) is 0 Å². The summed E-state index contributed by atoms with van der Waals surface area (Å²) in [5, 5.41) is 1.14. The van der Waals surface area contributed by atoms with Crippen LogP contribution in [-0.2, 0) is 11.2 Å². The molecule has 0 amide bonds. The highest BCUT2D eigenvalue weighted by atomic mass is 16.3. The molecule has 0 unspecified atom stereocenters. The van der Waals surface area contributed by atoms with E-state index in [9.17, 15) is 9.59 Å². The average Bonchev–Trinajstić information content (AvgIpc) is 2.44. The zero-order valence-corrected chi connectivity index (χ0v) is 13.2. The van der Waals surface area contributed by atoms with Crippen molar-refractivity contribution in [3.63, 3.8) is 0 Å². The first-order valence-corrected chi connectivity index (χ1v) is 7.34. The third kappa shape index (κ3) is 2.23. The molecule has 22 heavy (non-hydrogen) atoms. The molecule has 0 radical (unpaired) electrons. The summed E-state index contributed by atoms with van der Waals surface area (Å²) in [5.74, 6) is 0.0515. The second-order valence-corrected chi connectivity index (χ2v) is 5.99. The van der Waals surface area contributed by atoms with E-state index >= 15 is 0 Å². The van der Waals surface area contributed by atoms with Crippen molar-refractivity contribution in [3.8, 4) is 0 Å². The Hall–Kier alpha value is -2.42. The van der Waals surface area contributed by atoms with Crippen LogP contribution in [0.2, 0.25) is 0 Å². The van der Waals surface area contributed by atoms with Gasteiger partial charge in [0.25, 0.3) is 0 Å². The predicted molar refractivity (Wildman–Crippen MR) is 88.6 cm³/mol. The highest BCUT2D eigenvalue weighted by Crippen LogP contribution is 2.27. The second-order valence-electron chi connectivity index (χ2n) is 5.99. The molecule has 0 fully saturated rings. The summed E-state index contributed by atoms with van der Waals surface area (Å²) in [6.45, 7) is 7.41. The van der Waals surface area contributed by atoms with Crippen molar-refractivity contribution in [2.45, 2.75) is 34.1 Å². The molecule has 1 aromatic heterocycles. The van der Waals surface area contributed by atoms with Crippen LogP contribution in [0.15, 0.2) is 33.5 Å². The Balaban J connectivity index is 2.52. The quantitative estimate of drug-likeness (QED) is 0.671. The summed E-state index contributed by atoms with van der Waals surface area (Å²) in [6, 6.07) is 7.51. The van der Waals surface area contributed by atoms with E-state index in [-0.39, 0.29) is 17.6 Å². The molecular weight excluding hydrogens is 276 g/mol. The van der Waals surface area contributed by atoms with Crippen molar-refractivity contribution in [2.75, 3.05) is 0 Å². The van der Waals surface area contributed by atoms with Crippen LogP contribution in [0.1, 0.15) is 29.2 Å². The van der Waals surface area contributed by atoms with E-state index < -0.39 is 0 Å². The second kappa shape index (κ2) is 5.09. The van der Waals surface area contributed by atoms with E-state index in [1.807, 2.05) is 45.0 Å². The van der Waals surface area contributed by atoms with Gasteiger partial charge < -0.3 is 4.42 Å². The fourth-order valence-corrected chi connectivity index (χ4v) is 2.88. The number of carbonyl (C=O) groups is 1. The van der Waals surface area contributed by atoms with Crippen LogP contribution in [0.3, 0.4) is 0 Å². The Labute approximate surface area is 128 Å². The number of hydrogen-bond acceptors (Lipinski definition) is 3. The Kier molecular flexibility index (Phi) is 3.36. The van der Waals surface area contributed by atoms with Gasteiger partial charge in [-0.2, -0.15) is 0 Å². The highest BCUT2D eigenvalue weighted by Gasteiger charge is 2.15. The SMILES string of the molecule is CC(=O)Cc1cc(C)cc2c(=O)c3ccc(C)c(C)c3oc12. The molecule has 0 bridgehead atoms. The molecular formula is C19H18O3. The van der Waals surface area contributed by atoms with Gasteiger partial charge in [-0.05, 0) is 56.5 Å². The number of fused-ring (bicyclic) bond motifs is 2. The van der Waals surface area contributed by atoms with Crippen molar-refractivity contribution in [1.29, 1.82) is 0 Å². The zero-order chi connectivity index (χ0) is 16.0. The minimum Gasteiger partial charge on any atom is -0.455 e. The molecule has 0 aliphatic carbocycles. The van der Waals surface area contributed by atoms with Crippen LogP contribution < -0.4 is 5.43 Å². The first-order chi connectivity index (χ1) is 10.4. The minimum absolute atomic E-state index is 0.0344. The predicted octanol–water partition coefficient (Wildman–Crippen LogP) is 4.00. The van der Waals surface area contributed by atoms with Crippen LogP contribution in [0.5, 0.6) is 0 Å². The summed E-state index contributed by atoms with van der Waals surface area (Å²) in [4.78, 5) is 24.3. The maximum atomic E-state index is 12.8. The van der Waals surface area contributed by atoms with Crippen LogP contribution in [0.4, 0.5) is 0 Å². The van der Waals surface area contributed by atoms with Crippen molar-refractivity contribution in [2.24, 2.45) is 0 Å². The molecule has 0 aliphatic rings. The van der Waals surface area contributed by atoms with Gasteiger partial charge in [-0.1, -0.05) is 12.1 Å². The van der Waals surface area contributed by atoms with Gasteiger partial charge in [0, 0.05) is 12.0 Å². The lowest BCUT2D eigenvalue weighted by atomic mass is 10.00. The molecule has 0 saturated carbocycles. The van der Waals surface area contributed by atoms with E-state index in [1.165, 1.54) is 0 Å². The molecule has 1 heterocycles. The van der Waals surface area contributed by atoms with E-state index in [4.69, 9.17) is 4.42 Å². The molecule has 0 N–H and O–H groups in total. The van der Waals surface area contributed by atoms with Gasteiger partial charge in [0.2, 0.25) is 5.43 Å². The Morgan fingerprint density at radius 2 is 1.77 bits per heavy atom. The molecule has 3 aromatic rings. The summed E-state index contributed by atoms with van der Waals surface area (Å²) in [5.41, 5.74) is 4.90. The lowest BCUT2D eigenvalue weighted by Crippen LogP contribution is -2.07. The normalized spacial score (nSPS) is 11.3. The number of benzene rings is 2. The van der Waals surface area contributed by atoms with E-state index in [1.54, 1.807) is 6.92 Å². The smallest absolute Gasteiger partial charge is 0.200 e. The highest BCUT2D eigenvalue weighted by molar-refractivity contribution is 5.94. The number of aryl methyl sites for hydroxylation is 3. The summed E-state index contributed by atoms with van der Waals surface area (Å²) >= 11 is 0. The van der Waals surface area contributed by atoms with Crippen molar-refractivity contribution in [3.05, 3.63) is 56.7 Å². The summed E-state index contributed by atoms with van der Waals surface area (Å²) in [7, 11) is 0. The molecule has 0 aliphatic heterocycles. The van der Waals surface area contributed by atoms with Crippen molar-refractivity contribution < 1.29 is 9.21 Å². The van der Waals surface area contributed by atoms with Crippen LogP contribution in [0, 0.1) is 20.8 Å². The third-order valence-electron chi connectivity index (χ3n) is 4.12. The Bertz CT molecular complexity index is 978. The van der Waals surface area contributed by atoms with Gasteiger partial charge in [0.15, 0.2) is 0 Å². The van der Waals surface area contributed by atoms with Crippen LogP contribution >= 0.6 is 0 Å². The molecule has 3 rings (SSSR count). The number of Topliss-reactive ketones (excluding diaryl/α,β-unsaturated/α-hetero) is 1. The van der Waals surface area contributed by atoms with Gasteiger partial charge in [-0.15, -0.1) is 0 Å². The van der Waals surface area contributed by atoms with Gasteiger partial charge in [0.1, 0.15) is 16.9 Å². The van der Waals surface area contributed by atoms with Crippen molar-refractivity contribution in [1.82, 2.24) is 0 Å².